The molecule has 3 aromatic heterocycles. The normalized spacial score (nSPS) is 17.1. The topological polar surface area (TPSA) is 86.5 Å². The largest absolute Gasteiger partial charge is 0.340 e. The van der Waals surface area contributed by atoms with E-state index in [1.807, 2.05) is 18.2 Å². The van der Waals surface area contributed by atoms with Crippen molar-refractivity contribution in [2.24, 2.45) is 5.92 Å². The molecule has 0 spiro atoms. The number of anilines is 2. The molecule has 5 rings (SSSR count). The minimum absolute atomic E-state index is 0.197. The van der Waals surface area contributed by atoms with Gasteiger partial charge in [-0.1, -0.05) is 6.92 Å². The second-order valence-corrected chi connectivity index (χ2v) is 7.80. The number of aromatic nitrogens is 4. The Bertz CT molecular complexity index is 1160. The first-order valence-corrected chi connectivity index (χ1v) is 9.23. The lowest BCUT2D eigenvalue weighted by atomic mass is 9.89. The molecule has 0 aliphatic heterocycles. The van der Waals surface area contributed by atoms with Gasteiger partial charge in [0.15, 0.2) is 0 Å². The van der Waals surface area contributed by atoms with Crippen LogP contribution in [0.4, 0.5) is 11.5 Å². The third-order valence-electron chi connectivity index (χ3n) is 4.87. The lowest BCUT2D eigenvalue weighted by Gasteiger charge is -2.18. The van der Waals surface area contributed by atoms with Crippen LogP contribution in [0.3, 0.4) is 0 Å². The van der Waals surface area contributed by atoms with E-state index in [2.05, 4.69) is 32.2 Å². The van der Waals surface area contributed by atoms with Crippen molar-refractivity contribution in [1.82, 2.24) is 19.9 Å². The fraction of sp³-hybridized carbons (Fsp3) is 0.278. The van der Waals surface area contributed by atoms with E-state index in [-0.39, 0.29) is 5.69 Å². The van der Waals surface area contributed by atoms with E-state index in [0.717, 1.165) is 51.5 Å². The molecular formula is C18H17N5OS. The van der Waals surface area contributed by atoms with E-state index in [4.69, 9.17) is 0 Å². The molecule has 0 unspecified atom stereocenters. The Kier molecular flexibility index (Phi) is 3.18. The summed E-state index contributed by atoms with van der Waals surface area (Å²) in [6.45, 7) is 2.31. The van der Waals surface area contributed by atoms with Gasteiger partial charge in [-0.15, -0.1) is 11.3 Å². The highest BCUT2D eigenvalue weighted by Crippen LogP contribution is 2.40. The number of hydrogen-bond acceptors (Lipinski definition) is 5. The highest BCUT2D eigenvalue weighted by molar-refractivity contribution is 7.19. The van der Waals surface area contributed by atoms with Gasteiger partial charge in [0.2, 0.25) is 0 Å². The molecule has 0 fully saturated rings. The van der Waals surface area contributed by atoms with E-state index in [1.165, 1.54) is 16.9 Å². The van der Waals surface area contributed by atoms with Crippen LogP contribution in [0.15, 0.2) is 29.3 Å². The molecular weight excluding hydrogens is 334 g/mol. The number of fused-ring (bicyclic) bond motifs is 4. The van der Waals surface area contributed by atoms with Gasteiger partial charge < -0.3 is 15.3 Å². The van der Waals surface area contributed by atoms with Gasteiger partial charge in [0.05, 0.1) is 16.4 Å². The Morgan fingerprint density at radius 1 is 1.24 bits per heavy atom. The van der Waals surface area contributed by atoms with Gasteiger partial charge >= 0.3 is 5.69 Å². The number of aromatic amines is 2. The van der Waals surface area contributed by atoms with Crippen molar-refractivity contribution in [3.05, 3.63) is 45.5 Å². The summed E-state index contributed by atoms with van der Waals surface area (Å²) in [6, 6.07) is 5.75. The molecule has 1 aliphatic carbocycles. The summed E-state index contributed by atoms with van der Waals surface area (Å²) in [5.41, 5.74) is 3.67. The average Bonchev–Trinajstić information content (AvgIpc) is 3.13. The number of benzene rings is 1. The molecule has 0 radical (unpaired) electrons. The fourth-order valence-electron chi connectivity index (χ4n) is 3.62. The molecule has 7 heteroatoms. The molecule has 0 saturated carbocycles. The zero-order valence-corrected chi connectivity index (χ0v) is 14.5. The lowest BCUT2D eigenvalue weighted by Crippen LogP contribution is -2.09. The molecule has 0 bridgehead atoms. The van der Waals surface area contributed by atoms with Crippen LogP contribution in [0.25, 0.3) is 21.3 Å². The number of H-pyrrole nitrogens is 2. The Morgan fingerprint density at radius 2 is 2.12 bits per heavy atom. The average molecular weight is 351 g/mol. The number of nitrogens with zero attached hydrogens (tertiary/aromatic N) is 2. The summed E-state index contributed by atoms with van der Waals surface area (Å²) in [7, 11) is 0. The maximum absolute atomic E-state index is 11.4. The summed E-state index contributed by atoms with van der Waals surface area (Å²) in [5.74, 6) is 1.58. The van der Waals surface area contributed by atoms with Gasteiger partial charge in [-0.2, -0.15) is 0 Å². The van der Waals surface area contributed by atoms with Crippen LogP contribution in [0.2, 0.25) is 0 Å². The number of thiophene rings is 1. The number of imidazole rings is 1. The summed E-state index contributed by atoms with van der Waals surface area (Å²) in [4.78, 5) is 28.5. The van der Waals surface area contributed by atoms with Crippen molar-refractivity contribution < 1.29 is 0 Å². The van der Waals surface area contributed by atoms with E-state index in [9.17, 15) is 4.79 Å². The van der Waals surface area contributed by atoms with Gasteiger partial charge in [-0.3, -0.25) is 0 Å². The van der Waals surface area contributed by atoms with Crippen LogP contribution in [-0.2, 0) is 12.8 Å². The zero-order valence-electron chi connectivity index (χ0n) is 13.7. The molecule has 4 aromatic rings. The van der Waals surface area contributed by atoms with Crippen LogP contribution in [0.1, 0.15) is 23.8 Å². The second-order valence-electron chi connectivity index (χ2n) is 6.72. The van der Waals surface area contributed by atoms with Crippen molar-refractivity contribution in [2.45, 2.75) is 26.2 Å². The first kappa shape index (κ1) is 14.7. The van der Waals surface area contributed by atoms with Crippen molar-refractivity contribution in [1.29, 1.82) is 0 Å². The molecule has 1 aliphatic rings. The SMILES string of the molecule is C[C@@H]1CCc2c(sc3ncnc(Nc4ccc5[nH]c(=O)[nH]c5c4)c23)C1. The quantitative estimate of drug-likeness (QED) is 0.513. The third kappa shape index (κ3) is 2.42. The van der Waals surface area contributed by atoms with Crippen molar-refractivity contribution in [2.75, 3.05) is 5.32 Å². The van der Waals surface area contributed by atoms with Gasteiger partial charge in [0.1, 0.15) is 17.0 Å². The van der Waals surface area contributed by atoms with E-state index >= 15 is 0 Å². The Labute approximate surface area is 147 Å². The summed E-state index contributed by atoms with van der Waals surface area (Å²) in [6.07, 6.45) is 5.05. The van der Waals surface area contributed by atoms with Crippen molar-refractivity contribution in [3.63, 3.8) is 0 Å². The summed E-state index contributed by atoms with van der Waals surface area (Å²) < 4.78 is 0. The van der Waals surface area contributed by atoms with Crippen LogP contribution in [-0.4, -0.2) is 19.9 Å². The summed E-state index contributed by atoms with van der Waals surface area (Å²) in [5, 5.41) is 4.57. The summed E-state index contributed by atoms with van der Waals surface area (Å²) >= 11 is 1.79. The van der Waals surface area contributed by atoms with Crippen LogP contribution < -0.4 is 11.0 Å². The van der Waals surface area contributed by atoms with Gasteiger partial charge in [0, 0.05) is 10.6 Å². The van der Waals surface area contributed by atoms with E-state index in [0.29, 0.717) is 0 Å². The molecule has 3 heterocycles. The monoisotopic (exact) mass is 351 g/mol. The number of nitrogens with one attached hydrogen (secondary N) is 3. The molecule has 0 amide bonds. The Hall–Kier alpha value is -2.67. The minimum atomic E-state index is -0.197. The Balaban J connectivity index is 1.60. The predicted octanol–water partition coefficient (Wildman–Crippen LogP) is 3.73. The Morgan fingerprint density at radius 3 is 3.04 bits per heavy atom. The lowest BCUT2D eigenvalue weighted by molar-refractivity contribution is 0.509. The zero-order chi connectivity index (χ0) is 17.0. The maximum Gasteiger partial charge on any atom is 0.323 e. The molecule has 6 nitrogen and oxygen atoms in total. The van der Waals surface area contributed by atoms with Gasteiger partial charge in [-0.05, 0) is 48.9 Å². The van der Waals surface area contributed by atoms with E-state index < -0.39 is 0 Å². The number of hydrogen-bond donors (Lipinski definition) is 3. The highest BCUT2D eigenvalue weighted by atomic mass is 32.1. The third-order valence-corrected chi connectivity index (χ3v) is 6.03. The molecule has 0 saturated heterocycles. The number of aryl methyl sites for hydroxylation is 1. The van der Waals surface area contributed by atoms with Crippen molar-refractivity contribution in [3.8, 4) is 0 Å². The molecule has 3 N–H and O–H groups in total. The van der Waals surface area contributed by atoms with E-state index in [1.54, 1.807) is 17.7 Å². The molecule has 126 valence electrons. The van der Waals surface area contributed by atoms with Crippen molar-refractivity contribution >= 4 is 44.1 Å². The van der Waals surface area contributed by atoms with Gasteiger partial charge in [-0.25, -0.2) is 14.8 Å². The van der Waals surface area contributed by atoms with Gasteiger partial charge in [0.25, 0.3) is 0 Å². The highest BCUT2D eigenvalue weighted by Gasteiger charge is 2.23. The molecule has 1 atom stereocenters. The minimum Gasteiger partial charge on any atom is -0.340 e. The van der Waals surface area contributed by atoms with Crippen LogP contribution in [0, 0.1) is 5.92 Å². The smallest absolute Gasteiger partial charge is 0.323 e. The van der Waals surface area contributed by atoms with Crippen LogP contribution in [0.5, 0.6) is 0 Å². The number of rotatable bonds is 2. The second kappa shape index (κ2) is 5.42. The molecule has 25 heavy (non-hydrogen) atoms. The maximum atomic E-state index is 11.4. The fourth-order valence-corrected chi connectivity index (χ4v) is 4.97. The first-order chi connectivity index (χ1) is 12.2. The standard InChI is InChI=1S/C18H17N5OS/c1-9-2-4-11-14(6-9)25-17-15(11)16(19-8-20-17)21-10-3-5-12-13(7-10)23-18(24)22-12/h3,5,7-9H,2,4,6H2,1H3,(H,19,20,21)(H2,22,23,24)/t9-/m1/s1. The first-order valence-electron chi connectivity index (χ1n) is 8.41. The predicted molar refractivity (Wildman–Crippen MR) is 101 cm³/mol. The van der Waals surface area contributed by atoms with Crippen LogP contribution >= 0.6 is 11.3 Å². The molecule has 1 aromatic carbocycles.